The van der Waals surface area contributed by atoms with Gasteiger partial charge in [-0.25, -0.2) is 5.43 Å². The van der Waals surface area contributed by atoms with E-state index in [0.717, 1.165) is 0 Å². The molecule has 2 N–H and O–H groups in total. The third kappa shape index (κ3) is 6.61. The Morgan fingerprint density at radius 3 is 2.60 bits per heavy atom. The van der Waals surface area contributed by atoms with Gasteiger partial charge in [0.1, 0.15) is 18.4 Å². The molecule has 8 heteroatoms. The minimum absolute atomic E-state index is 0.182. The monoisotopic (exact) mass is 447 g/mol. The van der Waals surface area contributed by atoms with Crippen molar-refractivity contribution in [2.24, 2.45) is 11.0 Å². The molecule has 0 radical (unpaired) electrons. The number of hydrogen-bond donors (Lipinski definition) is 2. The van der Waals surface area contributed by atoms with Gasteiger partial charge in [0.25, 0.3) is 11.8 Å². The van der Waals surface area contributed by atoms with Crippen LogP contribution in [0.25, 0.3) is 0 Å². The quantitative estimate of drug-likeness (QED) is 0.338. The molecule has 0 aliphatic heterocycles. The maximum absolute atomic E-state index is 12.6. The van der Waals surface area contributed by atoms with Gasteiger partial charge in [-0.2, -0.15) is 5.10 Å². The van der Waals surface area contributed by atoms with Gasteiger partial charge in [0.2, 0.25) is 0 Å². The van der Waals surface area contributed by atoms with Gasteiger partial charge in [-0.1, -0.05) is 61.8 Å². The Labute approximate surface area is 185 Å². The molecule has 158 valence electrons. The van der Waals surface area contributed by atoms with Crippen LogP contribution in [0.2, 0.25) is 10.0 Å². The van der Waals surface area contributed by atoms with Crippen molar-refractivity contribution in [3.8, 4) is 5.75 Å². The van der Waals surface area contributed by atoms with E-state index in [1.54, 1.807) is 24.3 Å². The van der Waals surface area contributed by atoms with Gasteiger partial charge in [-0.3, -0.25) is 9.59 Å². The number of rotatable bonds is 9. The Morgan fingerprint density at radius 1 is 1.20 bits per heavy atom. The highest BCUT2D eigenvalue weighted by atomic mass is 35.5. The predicted octanol–water partition coefficient (Wildman–Crippen LogP) is 4.46. The van der Waals surface area contributed by atoms with Crippen molar-refractivity contribution in [1.82, 2.24) is 10.7 Å². The van der Waals surface area contributed by atoms with E-state index in [-0.39, 0.29) is 16.5 Å². The van der Waals surface area contributed by atoms with Gasteiger partial charge in [0.05, 0.1) is 16.8 Å². The highest BCUT2D eigenvalue weighted by molar-refractivity contribution is 6.36. The lowest BCUT2D eigenvalue weighted by molar-refractivity contribution is -0.123. The summed E-state index contributed by atoms with van der Waals surface area (Å²) in [6.07, 6.45) is 3.12. The zero-order valence-corrected chi connectivity index (χ0v) is 18.2. The van der Waals surface area contributed by atoms with E-state index in [1.807, 2.05) is 26.0 Å². The Morgan fingerprint density at radius 2 is 1.93 bits per heavy atom. The number of hydrazone groups is 1. The number of nitrogens with zero attached hydrogens (tertiary/aromatic N) is 1. The number of carbonyl (C=O) groups is 2. The summed E-state index contributed by atoms with van der Waals surface area (Å²) in [5.41, 5.74) is 3.39. The zero-order valence-electron chi connectivity index (χ0n) is 16.7. The Kier molecular flexibility index (Phi) is 8.89. The SMILES string of the molecule is C=CCOc1ccccc1/C=N/NC(=O)C(NC(=O)c1ccc(Cl)cc1Cl)C(C)C. The Hall–Kier alpha value is -2.83. The van der Waals surface area contributed by atoms with E-state index >= 15 is 0 Å². The number of carbonyl (C=O) groups excluding carboxylic acids is 2. The second kappa shape index (κ2) is 11.4. The van der Waals surface area contributed by atoms with Crippen LogP contribution in [0.4, 0.5) is 0 Å². The first kappa shape index (κ1) is 23.4. The molecule has 2 aromatic carbocycles. The molecular weight excluding hydrogens is 425 g/mol. The fourth-order valence-corrected chi connectivity index (χ4v) is 3.02. The highest BCUT2D eigenvalue weighted by Crippen LogP contribution is 2.21. The third-order valence-corrected chi connectivity index (χ3v) is 4.61. The molecule has 1 unspecified atom stereocenters. The van der Waals surface area contributed by atoms with Crippen LogP contribution in [0.15, 0.2) is 60.2 Å². The van der Waals surface area contributed by atoms with Crippen LogP contribution in [0.5, 0.6) is 5.75 Å². The summed E-state index contributed by atoms with van der Waals surface area (Å²) < 4.78 is 5.55. The van der Waals surface area contributed by atoms with E-state index in [2.05, 4.69) is 22.4 Å². The lowest BCUT2D eigenvalue weighted by atomic mass is 10.0. The molecule has 0 spiro atoms. The molecule has 0 heterocycles. The normalized spacial score (nSPS) is 11.9. The molecule has 0 aliphatic carbocycles. The summed E-state index contributed by atoms with van der Waals surface area (Å²) in [6.45, 7) is 7.60. The van der Waals surface area contributed by atoms with Crippen LogP contribution in [-0.2, 0) is 4.79 Å². The molecular formula is C22H23Cl2N3O3. The van der Waals surface area contributed by atoms with E-state index in [1.165, 1.54) is 18.3 Å². The number of ether oxygens (including phenoxy) is 1. The van der Waals surface area contributed by atoms with Crippen molar-refractivity contribution in [3.05, 3.63) is 76.3 Å². The first-order valence-electron chi connectivity index (χ1n) is 9.25. The summed E-state index contributed by atoms with van der Waals surface area (Å²) in [5, 5.41) is 7.31. The zero-order chi connectivity index (χ0) is 22.1. The molecule has 1 atom stereocenters. The number of hydrogen-bond acceptors (Lipinski definition) is 4. The minimum atomic E-state index is -0.811. The first-order valence-corrected chi connectivity index (χ1v) is 10.0. The molecule has 0 aliphatic rings. The molecule has 0 fully saturated rings. The van der Waals surface area contributed by atoms with Crippen molar-refractivity contribution in [2.75, 3.05) is 6.61 Å². The van der Waals surface area contributed by atoms with Crippen molar-refractivity contribution < 1.29 is 14.3 Å². The van der Waals surface area contributed by atoms with Crippen molar-refractivity contribution >= 4 is 41.2 Å². The average Bonchev–Trinajstić information content (AvgIpc) is 2.70. The summed E-state index contributed by atoms with van der Waals surface area (Å²) in [4.78, 5) is 25.2. The van der Waals surface area contributed by atoms with Crippen LogP contribution < -0.4 is 15.5 Å². The predicted molar refractivity (Wildman–Crippen MR) is 120 cm³/mol. The molecule has 2 aromatic rings. The second-order valence-electron chi connectivity index (χ2n) is 6.69. The standard InChI is InChI=1S/C22H23Cl2N3O3/c1-4-11-30-19-8-6-5-7-15(19)13-25-27-22(29)20(14(2)3)26-21(28)17-10-9-16(23)12-18(17)24/h4-10,12-14,20H,1,11H2,2-3H3,(H,26,28)(H,27,29)/b25-13+. The van der Waals surface area contributed by atoms with Crippen LogP contribution >= 0.6 is 23.2 Å². The molecule has 2 amide bonds. The summed E-state index contributed by atoms with van der Waals surface area (Å²) in [6, 6.07) is 11.0. The van der Waals surface area contributed by atoms with E-state index in [0.29, 0.717) is 22.9 Å². The van der Waals surface area contributed by atoms with Crippen LogP contribution in [0.3, 0.4) is 0 Å². The van der Waals surface area contributed by atoms with Gasteiger partial charge in [-0.15, -0.1) is 0 Å². The maximum Gasteiger partial charge on any atom is 0.262 e. The highest BCUT2D eigenvalue weighted by Gasteiger charge is 2.25. The minimum Gasteiger partial charge on any atom is -0.489 e. The average molecular weight is 448 g/mol. The number of para-hydroxylation sites is 1. The Balaban J connectivity index is 2.06. The number of amides is 2. The van der Waals surface area contributed by atoms with E-state index < -0.39 is 17.9 Å². The maximum atomic E-state index is 12.6. The molecule has 30 heavy (non-hydrogen) atoms. The second-order valence-corrected chi connectivity index (χ2v) is 7.53. The number of halogens is 2. The first-order chi connectivity index (χ1) is 14.3. The van der Waals surface area contributed by atoms with Crippen LogP contribution in [0.1, 0.15) is 29.8 Å². The fourth-order valence-electron chi connectivity index (χ4n) is 2.53. The molecule has 0 saturated heterocycles. The molecule has 0 aromatic heterocycles. The summed E-state index contributed by atoms with van der Waals surface area (Å²) >= 11 is 11.9. The van der Waals surface area contributed by atoms with Crippen LogP contribution in [0, 0.1) is 5.92 Å². The van der Waals surface area contributed by atoms with E-state index in [4.69, 9.17) is 27.9 Å². The summed E-state index contributed by atoms with van der Waals surface area (Å²) in [5.74, 6) is -0.498. The van der Waals surface area contributed by atoms with Gasteiger partial charge in [0.15, 0.2) is 0 Å². The van der Waals surface area contributed by atoms with Crippen molar-refractivity contribution in [1.29, 1.82) is 0 Å². The lowest BCUT2D eigenvalue weighted by Crippen LogP contribution is -2.48. The molecule has 0 saturated carbocycles. The number of benzene rings is 2. The molecule has 6 nitrogen and oxygen atoms in total. The topological polar surface area (TPSA) is 79.8 Å². The van der Waals surface area contributed by atoms with Gasteiger partial charge < -0.3 is 10.1 Å². The largest absolute Gasteiger partial charge is 0.489 e. The smallest absolute Gasteiger partial charge is 0.262 e. The lowest BCUT2D eigenvalue weighted by Gasteiger charge is -2.20. The molecule has 2 rings (SSSR count). The van der Waals surface area contributed by atoms with Gasteiger partial charge in [-0.05, 0) is 36.2 Å². The van der Waals surface area contributed by atoms with Gasteiger partial charge >= 0.3 is 0 Å². The van der Waals surface area contributed by atoms with Crippen molar-refractivity contribution in [2.45, 2.75) is 19.9 Å². The molecule has 0 bridgehead atoms. The summed E-state index contributed by atoms with van der Waals surface area (Å²) in [7, 11) is 0. The van der Waals surface area contributed by atoms with E-state index in [9.17, 15) is 9.59 Å². The van der Waals surface area contributed by atoms with Crippen molar-refractivity contribution in [3.63, 3.8) is 0 Å². The fraction of sp³-hybridized carbons (Fsp3) is 0.227. The third-order valence-electron chi connectivity index (χ3n) is 4.07. The Bertz CT molecular complexity index is 945. The number of nitrogens with one attached hydrogen (secondary N) is 2. The van der Waals surface area contributed by atoms with Gasteiger partial charge in [0, 0.05) is 10.6 Å². The van der Waals surface area contributed by atoms with Crippen LogP contribution in [-0.4, -0.2) is 30.7 Å².